The van der Waals surface area contributed by atoms with Crippen LogP contribution in [-0.4, -0.2) is 42.5 Å². The predicted octanol–water partition coefficient (Wildman–Crippen LogP) is 3.55. The second-order valence-corrected chi connectivity index (χ2v) is 7.43. The van der Waals surface area contributed by atoms with E-state index in [-0.39, 0.29) is 18.9 Å². The molecule has 2 aromatic carbocycles. The Hall–Kier alpha value is -2.86. The third-order valence-corrected chi connectivity index (χ3v) is 5.63. The lowest BCUT2D eigenvalue weighted by atomic mass is 9.93. The van der Waals surface area contributed by atoms with Gasteiger partial charge in [-0.05, 0) is 35.1 Å². The zero-order valence-electron chi connectivity index (χ0n) is 15.5. The number of aliphatic carboxylic acids is 1. The molecule has 1 saturated heterocycles. The molecule has 4 rings (SSSR count). The maximum absolute atomic E-state index is 12.5. The highest BCUT2D eigenvalue weighted by molar-refractivity contribution is 5.79. The maximum atomic E-state index is 12.5. The zero-order chi connectivity index (χ0) is 19.6. The van der Waals surface area contributed by atoms with Gasteiger partial charge in [0.25, 0.3) is 0 Å². The average Bonchev–Trinajstić information content (AvgIpc) is 3.28. The second kappa shape index (κ2) is 7.64. The standard InChI is InChI=1S/C22H23NO5/c24-20(25)9-10-22(11-12-27-14-22)23-21(26)28-13-19-17-7-3-1-5-15(17)16-6-2-4-8-18(16)19/h1-8,19H,9-14H2,(H,23,26)(H,24,25). The van der Waals surface area contributed by atoms with Crippen LogP contribution in [0, 0.1) is 0 Å². The van der Waals surface area contributed by atoms with Crippen LogP contribution in [0.2, 0.25) is 0 Å². The van der Waals surface area contributed by atoms with Gasteiger partial charge < -0.3 is 19.9 Å². The number of hydrogen-bond donors (Lipinski definition) is 2. The lowest BCUT2D eigenvalue weighted by Gasteiger charge is -2.28. The molecule has 2 N–H and O–H groups in total. The molecule has 1 unspecified atom stereocenters. The van der Waals surface area contributed by atoms with Crippen LogP contribution in [0.15, 0.2) is 48.5 Å². The predicted molar refractivity (Wildman–Crippen MR) is 103 cm³/mol. The second-order valence-electron chi connectivity index (χ2n) is 7.43. The van der Waals surface area contributed by atoms with Gasteiger partial charge in [0.05, 0.1) is 12.1 Å². The fourth-order valence-corrected chi connectivity index (χ4v) is 4.16. The molecule has 0 radical (unpaired) electrons. The van der Waals surface area contributed by atoms with Gasteiger partial charge in [0.15, 0.2) is 0 Å². The smallest absolute Gasteiger partial charge is 0.407 e. The minimum atomic E-state index is -0.888. The van der Waals surface area contributed by atoms with E-state index in [2.05, 4.69) is 29.6 Å². The zero-order valence-corrected chi connectivity index (χ0v) is 15.5. The number of benzene rings is 2. The molecular formula is C22H23NO5. The number of alkyl carbamates (subject to hydrolysis) is 1. The Morgan fingerprint density at radius 3 is 2.32 bits per heavy atom. The van der Waals surface area contributed by atoms with Gasteiger partial charge in [-0.25, -0.2) is 4.79 Å². The maximum Gasteiger partial charge on any atom is 0.407 e. The van der Waals surface area contributed by atoms with Crippen LogP contribution in [0.4, 0.5) is 4.79 Å². The summed E-state index contributed by atoms with van der Waals surface area (Å²) in [5, 5.41) is 11.8. The van der Waals surface area contributed by atoms with Crippen LogP contribution >= 0.6 is 0 Å². The molecule has 2 aromatic rings. The van der Waals surface area contributed by atoms with Crippen molar-refractivity contribution in [2.45, 2.75) is 30.7 Å². The first-order valence-electron chi connectivity index (χ1n) is 9.51. The molecule has 28 heavy (non-hydrogen) atoms. The van der Waals surface area contributed by atoms with Gasteiger partial charge in [-0.15, -0.1) is 0 Å². The SMILES string of the molecule is O=C(O)CCC1(NC(=O)OCC2c3ccccc3-c3ccccc32)CCOC1. The molecule has 0 saturated carbocycles. The lowest BCUT2D eigenvalue weighted by molar-refractivity contribution is -0.137. The number of carbonyl (C=O) groups excluding carboxylic acids is 1. The minimum absolute atomic E-state index is 0.00653. The van der Waals surface area contributed by atoms with Crippen LogP contribution < -0.4 is 5.32 Å². The Kier molecular flexibility index (Phi) is 5.05. The normalized spacial score (nSPS) is 20.4. The average molecular weight is 381 g/mol. The van der Waals surface area contributed by atoms with Gasteiger partial charge in [-0.1, -0.05) is 48.5 Å². The highest BCUT2D eigenvalue weighted by Crippen LogP contribution is 2.44. The number of carbonyl (C=O) groups is 2. The highest BCUT2D eigenvalue weighted by atomic mass is 16.5. The summed E-state index contributed by atoms with van der Waals surface area (Å²) in [7, 11) is 0. The number of hydrogen-bond acceptors (Lipinski definition) is 4. The monoisotopic (exact) mass is 381 g/mol. The topological polar surface area (TPSA) is 84.9 Å². The van der Waals surface area contributed by atoms with Crippen molar-refractivity contribution in [3.63, 3.8) is 0 Å². The Labute approximate surface area is 163 Å². The Morgan fingerprint density at radius 1 is 1.11 bits per heavy atom. The summed E-state index contributed by atoms with van der Waals surface area (Å²) in [6, 6.07) is 16.3. The first-order chi connectivity index (χ1) is 13.6. The quantitative estimate of drug-likeness (QED) is 0.799. The molecule has 0 aromatic heterocycles. The Bertz CT molecular complexity index is 843. The summed E-state index contributed by atoms with van der Waals surface area (Å²) < 4.78 is 11.0. The molecule has 2 aliphatic rings. The van der Waals surface area contributed by atoms with Crippen LogP contribution in [0.1, 0.15) is 36.3 Å². The lowest BCUT2D eigenvalue weighted by Crippen LogP contribution is -2.49. The van der Waals surface area contributed by atoms with E-state index in [4.69, 9.17) is 14.6 Å². The first-order valence-corrected chi connectivity index (χ1v) is 9.51. The molecule has 1 aliphatic heterocycles. The molecule has 146 valence electrons. The van der Waals surface area contributed by atoms with E-state index >= 15 is 0 Å². The van der Waals surface area contributed by atoms with Crippen molar-refractivity contribution in [3.8, 4) is 11.1 Å². The van der Waals surface area contributed by atoms with Crippen molar-refractivity contribution in [3.05, 3.63) is 59.7 Å². The molecule has 6 heteroatoms. The van der Waals surface area contributed by atoms with Crippen molar-refractivity contribution in [1.82, 2.24) is 5.32 Å². The molecule has 1 heterocycles. The number of carboxylic acids is 1. The number of fused-ring (bicyclic) bond motifs is 3. The van der Waals surface area contributed by atoms with E-state index in [1.165, 1.54) is 11.1 Å². The van der Waals surface area contributed by atoms with Crippen molar-refractivity contribution in [1.29, 1.82) is 0 Å². The van der Waals surface area contributed by atoms with Crippen molar-refractivity contribution in [2.75, 3.05) is 19.8 Å². The van der Waals surface area contributed by atoms with Gasteiger partial charge in [-0.3, -0.25) is 4.79 Å². The largest absolute Gasteiger partial charge is 0.481 e. The summed E-state index contributed by atoms with van der Waals surface area (Å²) in [6.07, 6.45) is 0.363. The van der Waals surface area contributed by atoms with E-state index in [1.807, 2.05) is 24.3 Å². The molecule has 1 aliphatic carbocycles. The van der Waals surface area contributed by atoms with Gasteiger partial charge >= 0.3 is 12.1 Å². The number of ether oxygens (including phenoxy) is 2. The molecule has 1 fully saturated rings. The van der Waals surface area contributed by atoms with Crippen molar-refractivity contribution in [2.24, 2.45) is 0 Å². The van der Waals surface area contributed by atoms with Crippen LogP contribution in [0.25, 0.3) is 11.1 Å². The minimum Gasteiger partial charge on any atom is -0.481 e. The third-order valence-electron chi connectivity index (χ3n) is 5.63. The van der Waals surface area contributed by atoms with Crippen LogP contribution in [-0.2, 0) is 14.3 Å². The van der Waals surface area contributed by atoms with Crippen molar-refractivity contribution < 1.29 is 24.2 Å². The highest BCUT2D eigenvalue weighted by Gasteiger charge is 2.37. The first kappa shape index (κ1) is 18.5. The molecule has 0 spiro atoms. The van der Waals surface area contributed by atoms with Crippen molar-refractivity contribution >= 4 is 12.1 Å². The van der Waals surface area contributed by atoms with E-state index in [1.54, 1.807) is 0 Å². The molecule has 6 nitrogen and oxygen atoms in total. The number of amides is 1. The van der Waals surface area contributed by atoms with E-state index in [0.29, 0.717) is 26.1 Å². The Morgan fingerprint density at radius 2 is 1.75 bits per heavy atom. The van der Waals surface area contributed by atoms with Crippen LogP contribution in [0.3, 0.4) is 0 Å². The number of carboxylic acid groups (broad SMARTS) is 1. The summed E-state index contributed by atoms with van der Waals surface area (Å²) in [5.74, 6) is -0.895. The molecule has 0 bridgehead atoms. The summed E-state index contributed by atoms with van der Waals surface area (Å²) in [6.45, 7) is 1.05. The third kappa shape index (κ3) is 3.60. The van der Waals surface area contributed by atoms with Gasteiger partial charge in [0, 0.05) is 18.9 Å². The summed E-state index contributed by atoms with van der Waals surface area (Å²) >= 11 is 0. The van der Waals surface area contributed by atoms with E-state index < -0.39 is 17.6 Å². The van der Waals surface area contributed by atoms with E-state index in [9.17, 15) is 9.59 Å². The van der Waals surface area contributed by atoms with Gasteiger partial charge in [0.1, 0.15) is 6.61 Å². The number of nitrogens with one attached hydrogen (secondary N) is 1. The van der Waals surface area contributed by atoms with E-state index in [0.717, 1.165) is 11.1 Å². The summed E-state index contributed by atoms with van der Waals surface area (Å²) in [4.78, 5) is 23.4. The van der Waals surface area contributed by atoms with Crippen LogP contribution in [0.5, 0.6) is 0 Å². The molecule has 1 amide bonds. The fourth-order valence-electron chi connectivity index (χ4n) is 4.16. The Balaban J connectivity index is 1.44. The number of rotatable bonds is 6. The summed E-state index contributed by atoms with van der Waals surface area (Å²) in [5.41, 5.74) is 3.99. The molecular weight excluding hydrogens is 358 g/mol. The molecule has 1 atom stereocenters. The fraction of sp³-hybridized carbons (Fsp3) is 0.364. The van der Waals surface area contributed by atoms with Gasteiger partial charge in [-0.2, -0.15) is 0 Å². The van der Waals surface area contributed by atoms with Gasteiger partial charge in [0.2, 0.25) is 0 Å².